The van der Waals surface area contributed by atoms with Crippen LogP contribution in [0.5, 0.6) is 5.75 Å². The molecule has 1 N–H and O–H groups in total. The summed E-state index contributed by atoms with van der Waals surface area (Å²) < 4.78 is 5.88. The number of halogens is 1. The highest BCUT2D eigenvalue weighted by Crippen LogP contribution is 2.21. The molecule has 190 valence electrons. The van der Waals surface area contributed by atoms with Crippen LogP contribution >= 0.6 is 11.6 Å². The number of rotatable bonds is 12. The lowest BCUT2D eigenvalue weighted by Gasteiger charge is -2.31. The minimum atomic E-state index is -0.712. The molecular formula is C30H35ClN2O3. The van der Waals surface area contributed by atoms with E-state index in [4.69, 9.17) is 16.3 Å². The number of hydrogen-bond acceptors (Lipinski definition) is 3. The lowest BCUT2D eigenvalue weighted by Crippen LogP contribution is -2.51. The quantitative estimate of drug-likeness (QED) is 0.311. The van der Waals surface area contributed by atoms with Gasteiger partial charge in [0.25, 0.3) is 5.91 Å². The Bertz CT molecular complexity index is 1150. The van der Waals surface area contributed by atoms with Crippen molar-refractivity contribution in [2.75, 3.05) is 13.2 Å². The van der Waals surface area contributed by atoms with Crippen molar-refractivity contribution in [3.05, 3.63) is 100 Å². The number of carbonyl (C=O) groups excluding carboxylic acids is 2. The molecule has 2 amide bonds. The second kappa shape index (κ2) is 13.7. The van der Waals surface area contributed by atoms with Gasteiger partial charge in [0.15, 0.2) is 6.61 Å². The highest BCUT2D eigenvalue weighted by molar-refractivity contribution is 6.31. The van der Waals surface area contributed by atoms with Crippen molar-refractivity contribution < 1.29 is 14.3 Å². The van der Waals surface area contributed by atoms with Crippen molar-refractivity contribution in [2.45, 2.75) is 52.6 Å². The van der Waals surface area contributed by atoms with E-state index in [1.807, 2.05) is 80.6 Å². The first-order valence-electron chi connectivity index (χ1n) is 12.4. The number of ether oxygens (including phenoxy) is 1. The van der Waals surface area contributed by atoms with Gasteiger partial charge < -0.3 is 15.0 Å². The summed E-state index contributed by atoms with van der Waals surface area (Å²) in [6, 6.07) is 22.2. The van der Waals surface area contributed by atoms with Crippen LogP contribution in [0.25, 0.3) is 0 Å². The van der Waals surface area contributed by atoms with Gasteiger partial charge in [0.05, 0.1) is 0 Å². The van der Waals surface area contributed by atoms with Crippen LogP contribution in [0.15, 0.2) is 72.8 Å². The van der Waals surface area contributed by atoms with Crippen LogP contribution in [0.2, 0.25) is 5.02 Å². The predicted octanol–water partition coefficient (Wildman–Crippen LogP) is 5.89. The molecule has 0 saturated carbocycles. The molecule has 36 heavy (non-hydrogen) atoms. The minimum absolute atomic E-state index is 0.180. The molecule has 0 aliphatic carbocycles. The van der Waals surface area contributed by atoms with Gasteiger partial charge in [-0.2, -0.15) is 0 Å². The fraction of sp³-hybridized carbons (Fsp3) is 0.333. The van der Waals surface area contributed by atoms with E-state index < -0.39 is 6.04 Å². The smallest absolute Gasteiger partial charge is 0.261 e. The molecule has 1 unspecified atom stereocenters. The van der Waals surface area contributed by atoms with Gasteiger partial charge in [-0.05, 0) is 60.7 Å². The third kappa shape index (κ3) is 7.85. The van der Waals surface area contributed by atoms with Crippen molar-refractivity contribution in [1.82, 2.24) is 10.2 Å². The zero-order valence-electron chi connectivity index (χ0n) is 21.3. The molecule has 0 fully saturated rings. The number of carbonyl (C=O) groups is 2. The Kier molecular flexibility index (Phi) is 10.4. The van der Waals surface area contributed by atoms with Gasteiger partial charge in [0.1, 0.15) is 11.8 Å². The molecular weight excluding hydrogens is 472 g/mol. The van der Waals surface area contributed by atoms with Gasteiger partial charge in [0, 0.05) is 24.5 Å². The maximum absolute atomic E-state index is 13.6. The summed E-state index contributed by atoms with van der Waals surface area (Å²) >= 11 is 6.46. The first-order chi connectivity index (χ1) is 17.4. The number of amides is 2. The molecule has 6 heteroatoms. The zero-order chi connectivity index (χ0) is 25.9. The van der Waals surface area contributed by atoms with Crippen LogP contribution in [-0.4, -0.2) is 35.9 Å². The molecule has 0 saturated heterocycles. The van der Waals surface area contributed by atoms with Crippen LogP contribution in [0.3, 0.4) is 0 Å². The van der Waals surface area contributed by atoms with Crippen LogP contribution < -0.4 is 10.1 Å². The average molecular weight is 507 g/mol. The molecule has 3 aromatic rings. The fourth-order valence-electron chi connectivity index (χ4n) is 3.90. The molecule has 1 atom stereocenters. The Hall–Kier alpha value is -3.31. The molecule has 0 bridgehead atoms. The molecule has 3 rings (SSSR count). The topological polar surface area (TPSA) is 58.6 Å². The van der Waals surface area contributed by atoms with Gasteiger partial charge in [-0.25, -0.2) is 0 Å². The van der Waals surface area contributed by atoms with E-state index in [9.17, 15) is 9.59 Å². The summed E-state index contributed by atoms with van der Waals surface area (Å²) in [5.74, 6) is 0.162. The highest BCUT2D eigenvalue weighted by Gasteiger charge is 2.31. The number of benzene rings is 3. The first kappa shape index (κ1) is 27.3. The number of nitrogens with zero attached hydrogens (tertiary/aromatic N) is 1. The zero-order valence-corrected chi connectivity index (χ0v) is 22.1. The summed E-state index contributed by atoms with van der Waals surface area (Å²) in [5, 5.41) is 3.57. The van der Waals surface area contributed by atoms with Crippen LogP contribution in [0, 0.1) is 13.8 Å². The number of aryl methyl sites for hydroxylation is 2. The lowest BCUT2D eigenvalue weighted by molar-refractivity contribution is -0.142. The van der Waals surface area contributed by atoms with E-state index in [0.29, 0.717) is 23.7 Å². The third-order valence-electron chi connectivity index (χ3n) is 6.24. The van der Waals surface area contributed by atoms with Crippen molar-refractivity contribution in [2.24, 2.45) is 0 Å². The fourth-order valence-corrected chi connectivity index (χ4v) is 4.10. The maximum Gasteiger partial charge on any atom is 0.261 e. The van der Waals surface area contributed by atoms with E-state index >= 15 is 0 Å². The van der Waals surface area contributed by atoms with E-state index in [0.717, 1.165) is 35.1 Å². The predicted molar refractivity (Wildman–Crippen MR) is 145 cm³/mol. The molecule has 5 nitrogen and oxygen atoms in total. The van der Waals surface area contributed by atoms with Gasteiger partial charge >= 0.3 is 0 Å². The maximum atomic E-state index is 13.6. The van der Waals surface area contributed by atoms with Crippen LogP contribution in [0.4, 0.5) is 0 Å². The van der Waals surface area contributed by atoms with E-state index in [1.165, 1.54) is 0 Å². The van der Waals surface area contributed by atoms with Gasteiger partial charge in [0.2, 0.25) is 5.91 Å². The molecule has 0 aromatic heterocycles. The normalized spacial score (nSPS) is 11.6. The third-order valence-corrected chi connectivity index (χ3v) is 6.61. The van der Waals surface area contributed by atoms with E-state index in [2.05, 4.69) is 12.2 Å². The van der Waals surface area contributed by atoms with E-state index in [-0.39, 0.29) is 25.0 Å². The Balaban J connectivity index is 1.89. The van der Waals surface area contributed by atoms with Crippen molar-refractivity contribution in [3.8, 4) is 5.75 Å². The largest absolute Gasteiger partial charge is 0.484 e. The Morgan fingerprint density at radius 2 is 1.69 bits per heavy atom. The summed E-state index contributed by atoms with van der Waals surface area (Å²) in [4.78, 5) is 28.6. The summed E-state index contributed by atoms with van der Waals surface area (Å²) in [7, 11) is 0. The first-order valence-corrected chi connectivity index (χ1v) is 12.8. The molecule has 0 aliphatic heterocycles. The van der Waals surface area contributed by atoms with Crippen LogP contribution in [-0.2, 0) is 22.6 Å². The SMILES string of the molecule is CCCCNC(=O)C(Cc1ccccc1)N(Cc1ccccc1Cl)C(=O)COc1ccc(C)c(C)c1. The summed E-state index contributed by atoms with van der Waals surface area (Å²) in [6.45, 7) is 6.69. The number of unbranched alkanes of at least 4 members (excludes halogenated alkanes) is 1. The second-order valence-corrected chi connectivity index (χ2v) is 9.41. The number of nitrogens with one attached hydrogen (secondary N) is 1. The second-order valence-electron chi connectivity index (χ2n) is 9.00. The Morgan fingerprint density at radius 1 is 0.972 bits per heavy atom. The van der Waals surface area contributed by atoms with Crippen molar-refractivity contribution in [1.29, 1.82) is 0 Å². The standard InChI is InChI=1S/C30H35ClN2O3/c1-4-5-17-32-30(35)28(19-24-11-7-6-8-12-24)33(20-25-13-9-10-14-27(25)31)29(34)21-36-26-16-15-22(2)23(3)18-26/h6-16,18,28H,4-5,17,19-21H2,1-3H3,(H,32,35). The van der Waals surface area contributed by atoms with E-state index in [1.54, 1.807) is 11.0 Å². The van der Waals surface area contributed by atoms with Crippen LogP contribution in [0.1, 0.15) is 42.0 Å². The molecule has 0 aliphatic rings. The monoisotopic (exact) mass is 506 g/mol. The Labute approximate surface area is 219 Å². The molecule has 3 aromatic carbocycles. The van der Waals surface area contributed by atoms with Gasteiger partial charge in [-0.1, -0.05) is 79.5 Å². The summed E-state index contributed by atoms with van der Waals surface area (Å²) in [5.41, 5.74) is 3.99. The molecule has 0 radical (unpaired) electrons. The Morgan fingerprint density at radius 3 is 2.39 bits per heavy atom. The van der Waals surface area contributed by atoms with Crippen molar-refractivity contribution in [3.63, 3.8) is 0 Å². The average Bonchev–Trinajstić information content (AvgIpc) is 2.88. The highest BCUT2D eigenvalue weighted by atomic mass is 35.5. The molecule has 0 heterocycles. The van der Waals surface area contributed by atoms with Gasteiger partial charge in [-0.15, -0.1) is 0 Å². The minimum Gasteiger partial charge on any atom is -0.484 e. The van der Waals surface area contributed by atoms with Crippen molar-refractivity contribution >= 4 is 23.4 Å². The summed E-state index contributed by atoms with van der Waals surface area (Å²) in [6.07, 6.45) is 2.23. The molecule has 0 spiro atoms. The number of hydrogen-bond donors (Lipinski definition) is 1. The van der Waals surface area contributed by atoms with Gasteiger partial charge in [-0.3, -0.25) is 9.59 Å². The lowest BCUT2D eigenvalue weighted by atomic mass is 10.0.